The van der Waals surface area contributed by atoms with Crippen LogP contribution in [0.4, 0.5) is 0 Å². The Balaban J connectivity index is 4.13. The third kappa shape index (κ3) is 13.7. The molecule has 25 heavy (non-hydrogen) atoms. The molecule has 3 unspecified atom stereocenters. The molecule has 0 saturated carbocycles. The third-order valence-corrected chi connectivity index (χ3v) is 5.74. The molecule has 0 aromatic rings. The van der Waals surface area contributed by atoms with Gasteiger partial charge in [-0.15, -0.1) is 0 Å². The Morgan fingerprint density at radius 3 is 1.96 bits per heavy atom. The topological polar surface area (TPSA) is 21.3 Å². The number of ether oxygens (including phenoxy) is 1. The summed E-state index contributed by atoms with van der Waals surface area (Å²) in [7, 11) is 0. The van der Waals surface area contributed by atoms with Crippen LogP contribution in [0.3, 0.4) is 0 Å². The summed E-state index contributed by atoms with van der Waals surface area (Å²) in [5, 5.41) is 3.82. The fourth-order valence-corrected chi connectivity index (χ4v) is 3.84. The van der Waals surface area contributed by atoms with E-state index < -0.39 is 0 Å². The molecule has 0 bridgehead atoms. The molecule has 0 aliphatic rings. The number of unbranched alkanes of at least 4 members (excludes halogenated alkanes) is 2. The highest BCUT2D eigenvalue weighted by Gasteiger charge is 2.19. The number of nitrogens with one attached hydrogen (secondary N) is 1. The van der Waals surface area contributed by atoms with Crippen LogP contribution >= 0.6 is 0 Å². The van der Waals surface area contributed by atoms with Crippen molar-refractivity contribution >= 4 is 0 Å². The average molecular weight is 356 g/mol. The number of rotatable bonds is 19. The number of hydrogen-bond acceptors (Lipinski definition) is 2. The summed E-state index contributed by atoms with van der Waals surface area (Å²) in [6.45, 7) is 15.9. The molecular weight excluding hydrogens is 306 g/mol. The van der Waals surface area contributed by atoms with Crippen molar-refractivity contribution in [3.8, 4) is 0 Å². The quantitative estimate of drug-likeness (QED) is 0.256. The SMILES string of the molecule is CCCCOCCCC(CCC)C(CC)CNCC(CC)CCCC. The Bertz CT molecular complexity index is 256. The first kappa shape index (κ1) is 24.9. The van der Waals surface area contributed by atoms with Gasteiger partial charge in [-0.1, -0.05) is 79.6 Å². The summed E-state index contributed by atoms with van der Waals surface area (Å²) >= 11 is 0. The van der Waals surface area contributed by atoms with Crippen molar-refractivity contribution in [1.82, 2.24) is 5.32 Å². The smallest absolute Gasteiger partial charge is 0.0466 e. The Morgan fingerprint density at radius 1 is 0.640 bits per heavy atom. The number of hydrogen-bond donors (Lipinski definition) is 1. The molecule has 1 N–H and O–H groups in total. The van der Waals surface area contributed by atoms with Gasteiger partial charge in [0.1, 0.15) is 0 Å². The molecule has 2 heteroatoms. The van der Waals surface area contributed by atoms with Crippen molar-refractivity contribution in [3.05, 3.63) is 0 Å². The normalized spacial score (nSPS) is 15.2. The van der Waals surface area contributed by atoms with Gasteiger partial charge in [0.15, 0.2) is 0 Å². The lowest BCUT2D eigenvalue weighted by Crippen LogP contribution is -2.31. The fraction of sp³-hybridized carbons (Fsp3) is 1.00. The Labute approximate surface area is 159 Å². The van der Waals surface area contributed by atoms with E-state index in [0.717, 1.165) is 31.0 Å². The van der Waals surface area contributed by atoms with Crippen molar-refractivity contribution in [2.45, 2.75) is 105 Å². The summed E-state index contributed by atoms with van der Waals surface area (Å²) in [6.07, 6.45) is 14.4. The molecule has 0 aliphatic carbocycles. The summed E-state index contributed by atoms with van der Waals surface area (Å²) in [6, 6.07) is 0. The van der Waals surface area contributed by atoms with Gasteiger partial charge in [0.2, 0.25) is 0 Å². The molecule has 0 saturated heterocycles. The van der Waals surface area contributed by atoms with E-state index in [1.54, 1.807) is 0 Å². The highest BCUT2D eigenvalue weighted by molar-refractivity contribution is 4.73. The molecule has 152 valence electrons. The van der Waals surface area contributed by atoms with E-state index in [0.29, 0.717) is 0 Å². The van der Waals surface area contributed by atoms with Crippen molar-refractivity contribution < 1.29 is 4.74 Å². The standard InChI is InChI=1S/C23H49NO/c1-6-11-15-21(9-4)19-24-20-22(10-5)23(14-8-3)16-13-18-25-17-12-7-2/h21-24H,6-20H2,1-5H3. The van der Waals surface area contributed by atoms with Crippen LogP contribution in [-0.4, -0.2) is 26.3 Å². The van der Waals surface area contributed by atoms with E-state index >= 15 is 0 Å². The van der Waals surface area contributed by atoms with Crippen molar-refractivity contribution in [3.63, 3.8) is 0 Å². The zero-order chi connectivity index (χ0) is 18.8. The predicted octanol–water partition coefficient (Wildman–Crippen LogP) is 6.83. The molecule has 3 atom stereocenters. The Kier molecular flexibility index (Phi) is 18.6. The minimum absolute atomic E-state index is 0.833. The minimum atomic E-state index is 0.833. The van der Waals surface area contributed by atoms with E-state index in [9.17, 15) is 0 Å². The van der Waals surface area contributed by atoms with Gasteiger partial charge in [-0.2, -0.15) is 0 Å². The molecular formula is C23H49NO. The fourth-order valence-electron chi connectivity index (χ4n) is 3.84. The second-order valence-electron chi connectivity index (χ2n) is 7.90. The van der Waals surface area contributed by atoms with Gasteiger partial charge in [0.25, 0.3) is 0 Å². The van der Waals surface area contributed by atoms with Gasteiger partial charge in [0.05, 0.1) is 0 Å². The molecule has 0 radical (unpaired) electrons. The van der Waals surface area contributed by atoms with E-state index in [2.05, 4.69) is 39.9 Å². The molecule has 0 aromatic heterocycles. The molecule has 0 fully saturated rings. The maximum atomic E-state index is 5.77. The summed E-state index contributed by atoms with van der Waals surface area (Å²) in [4.78, 5) is 0. The summed E-state index contributed by atoms with van der Waals surface area (Å²) in [5.74, 6) is 2.57. The molecule has 0 aromatic carbocycles. The molecule has 2 nitrogen and oxygen atoms in total. The second kappa shape index (κ2) is 18.7. The van der Waals surface area contributed by atoms with E-state index in [1.807, 2.05) is 0 Å². The Morgan fingerprint density at radius 2 is 1.36 bits per heavy atom. The van der Waals surface area contributed by atoms with Crippen LogP contribution in [0, 0.1) is 17.8 Å². The highest BCUT2D eigenvalue weighted by atomic mass is 16.5. The van der Waals surface area contributed by atoms with Crippen LogP contribution in [0.15, 0.2) is 0 Å². The van der Waals surface area contributed by atoms with Gasteiger partial charge in [-0.05, 0) is 56.5 Å². The van der Waals surface area contributed by atoms with Gasteiger partial charge in [-0.3, -0.25) is 0 Å². The van der Waals surface area contributed by atoms with E-state index in [4.69, 9.17) is 4.74 Å². The third-order valence-electron chi connectivity index (χ3n) is 5.74. The molecule has 0 amide bonds. The lowest BCUT2D eigenvalue weighted by atomic mass is 9.83. The monoisotopic (exact) mass is 355 g/mol. The lowest BCUT2D eigenvalue weighted by molar-refractivity contribution is 0.119. The summed E-state index contributed by atoms with van der Waals surface area (Å²) in [5.41, 5.74) is 0. The zero-order valence-corrected chi connectivity index (χ0v) is 18.2. The van der Waals surface area contributed by atoms with Gasteiger partial charge in [-0.25, -0.2) is 0 Å². The second-order valence-corrected chi connectivity index (χ2v) is 7.90. The van der Waals surface area contributed by atoms with E-state index in [1.165, 1.54) is 83.7 Å². The first-order valence-electron chi connectivity index (χ1n) is 11.5. The van der Waals surface area contributed by atoms with Gasteiger partial charge >= 0.3 is 0 Å². The van der Waals surface area contributed by atoms with Gasteiger partial charge in [0, 0.05) is 13.2 Å². The highest BCUT2D eigenvalue weighted by Crippen LogP contribution is 2.25. The minimum Gasteiger partial charge on any atom is -0.381 e. The maximum Gasteiger partial charge on any atom is 0.0466 e. The molecule has 0 heterocycles. The first-order chi connectivity index (χ1) is 12.2. The molecule has 0 spiro atoms. The predicted molar refractivity (Wildman–Crippen MR) is 113 cm³/mol. The Hall–Kier alpha value is -0.0800. The van der Waals surface area contributed by atoms with Crippen molar-refractivity contribution in [2.75, 3.05) is 26.3 Å². The largest absolute Gasteiger partial charge is 0.381 e. The first-order valence-corrected chi connectivity index (χ1v) is 11.5. The van der Waals surface area contributed by atoms with Gasteiger partial charge < -0.3 is 10.1 Å². The van der Waals surface area contributed by atoms with Crippen molar-refractivity contribution in [1.29, 1.82) is 0 Å². The molecule has 0 rings (SSSR count). The van der Waals surface area contributed by atoms with Crippen LogP contribution in [0.25, 0.3) is 0 Å². The maximum absolute atomic E-state index is 5.77. The lowest BCUT2D eigenvalue weighted by Gasteiger charge is -2.27. The summed E-state index contributed by atoms with van der Waals surface area (Å²) < 4.78 is 5.77. The average Bonchev–Trinajstić information content (AvgIpc) is 2.63. The van der Waals surface area contributed by atoms with Crippen LogP contribution < -0.4 is 5.32 Å². The molecule has 0 aliphatic heterocycles. The zero-order valence-electron chi connectivity index (χ0n) is 18.2. The van der Waals surface area contributed by atoms with Crippen LogP contribution in [-0.2, 0) is 4.74 Å². The van der Waals surface area contributed by atoms with Crippen LogP contribution in [0.2, 0.25) is 0 Å². The van der Waals surface area contributed by atoms with E-state index in [-0.39, 0.29) is 0 Å². The van der Waals surface area contributed by atoms with Crippen LogP contribution in [0.5, 0.6) is 0 Å². The van der Waals surface area contributed by atoms with Crippen LogP contribution in [0.1, 0.15) is 105 Å². The van der Waals surface area contributed by atoms with Crippen molar-refractivity contribution in [2.24, 2.45) is 17.8 Å².